The molecule has 9 saturated heterocycles. The topological polar surface area (TPSA) is 878 Å². The fraction of sp³-hybridized carbons (Fsp3) is 0.929. The molecule has 9 aliphatic rings. The van der Waals surface area contributed by atoms with Crippen molar-refractivity contribution in [2.24, 2.45) is 0 Å². The number of aliphatic hydroxyl groups is 28. The van der Waals surface area contributed by atoms with Crippen LogP contribution in [0, 0.1) is 0 Å². The van der Waals surface area contributed by atoms with E-state index < -0.39 is 403 Å². The fourth-order valence-electron chi connectivity index (χ4n) is 16.1. The number of hydrogen-bond acceptors (Lipinski definition) is 51. The van der Waals surface area contributed by atoms with Gasteiger partial charge in [0.05, 0.1) is 78.7 Å². The Morgan fingerprint density at radius 2 is 0.476 bits per heavy atom. The third-order valence-corrected chi connectivity index (χ3v) is 22.5. The maximum absolute atomic E-state index is 13.1. The van der Waals surface area contributed by atoms with E-state index in [1.807, 2.05) is 0 Å². The molecule has 9 fully saturated rings. The van der Waals surface area contributed by atoms with Crippen molar-refractivity contribution in [2.45, 2.75) is 335 Å². The summed E-state index contributed by atoms with van der Waals surface area (Å²) in [5.74, 6) is -4.61. The average Bonchev–Trinajstić information content (AvgIpc) is 0.760. The third kappa shape index (κ3) is 23.8. The van der Waals surface area contributed by atoms with Gasteiger partial charge >= 0.3 is 0 Å². The predicted molar refractivity (Wildman–Crippen MR) is 390 cm³/mol. The van der Waals surface area contributed by atoms with Crippen molar-refractivity contribution >= 4 is 29.5 Å². The van der Waals surface area contributed by atoms with Crippen molar-refractivity contribution in [1.29, 1.82) is 0 Å². The van der Waals surface area contributed by atoms with Crippen LogP contribution in [-0.2, 0) is 109 Å². The molecule has 5 amide bonds. The first-order valence-electron chi connectivity index (χ1n) is 40.1. The van der Waals surface area contributed by atoms with Crippen molar-refractivity contribution < 1.29 is 252 Å². The number of nitrogens with one attached hydrogen (secondary N) is 5. The van der Waals surface area contributed by atoms with E-state index in [0.717, 1.165) is 34.6 Å². The van der Waals surface area contributed by atoms with E-state index in [4.69, 9.17) is 85.3 Å². The van der Waals surface area contributed by atoms with Crippen LogP contribution < -0.4 is 26.6 Å². The van der Waals surface area contributed by atoms with Crippen LogP contribution in [-0.4, -0.2) is 546 Å². The molecule has 0 bridgehead atoms. The summed E-state index contributed by atoms with van der Waals surface area (Å²) in [7, 11) is 0. The Bertz CT molecular complexity index is 3390. The lowest BCUT2D eigenvalue weighted by Crippen LogP contribution is -2.71. The van der Waals surface area contributed by atoms with Crippen molar-refractivity contribution in [3.63, 3.8) is 0 Å². The molecule has 9 aliphatic heterocycles. The van der Waals surface area contributed by atoms with E-state index in [2.05, 4.69) is 26.6 Å². The summed E-state index contributed by atoms with van der Waals surface area (Å²) in [6, 6.07) is -9.35. The molecule has 9 rings (SSSR count). The van der Waals surface area contributed by atoms with Gasteiger partial charge in [0, 0.05) is 34.6 Å². The Balaban J connectivity index is 0.895. The smallest absolute Gasteiger partial charge is 0.217 e. The van der Waals surface area contributed by atoms with Crippen molar-refractivity contribution in [3.05, 3.63) is 0 Å². The monoisotopic (exact) mass is 1850 g/mol. The Morgan fingerprint density at radius 1 is 0.254 bits per heavy atom. The van der Waals surface area contributed by atoms with E-state index in [-0.39, 0.29) is 0 Å². The first-order chi connectivity index (χ1) is 59.6. The molecule has 0 aromatic carbocycles. The zero-order chi connectivity index (χ0) is 93.2. The van der Waals surface area contributed by atoms with Crippen LogP contribution >= 0.6 is 0 Å². The Kier molecular flexibility index (Phi) is 39.2. The van der Waals surface area contributed by atoms with Gasteiger partial charge < -0.3 is 255 Å². The van der Waals surface area contributed by atoms with Gasteiger partial charge in [0.25, 0.3) is 0 Å². The molecule has 0 radical (unpaired) electrons. The number of aliphatic hydroxyl groups excluding tert-OH is 28. The molecule has 0 aromatic heterocycles. The molecule has 0 aromatic rings. The van der Waals surface area contributed by atoms with Gasteiger partial charge in [-0.15, -0.1) is 0 Å². The van der Waals surface area contributed by atoms with E-state index in [1.54, 1.807) is 0 Å². The molecular weight excluding hydrogens is 1730 g/mol. The third-order valence-electron chi connectivity index (χ3n) is 22.5. The van der Waals surface area contributed by atoms with E-state index >= 15 is 0 Å². The molecular formula is C70H119N5O51. The SMILES string of the molecule is CC(=O)N[C@H]1[C@H](O[C@H]2[C@@H](O)[C@@H](CO)O[C@@H](O[C@H]3[C@H](O)[C@@H](NC(C)=O)[C@H](O[C@H]4[C@@H](O)[C@@H](CO)O[C@@H](O[C@H]5[C@H](O)[C@@H](NC(C)=O)[C@H](O[C@H]6[C@@H](O)[C@@H](CO)O[C@@H](O[C@H]7[C@H](O)[C@@H](NC(C)=O)[C@H](O[C@H]8[C@@H](O)[C@@H](CO)O[C@@H](O[C@@H]([C@@H](O)[C@H](O)CO)[C@H](CO)NC(C)=O)[C@@H]8O)O[C@@H]7CO)[C@@H]6O)O[C@@H]5CO)[C@@H]4O)O[C@@H]3CO)[C@@H]2O)O[C@H](CO)[C@@H](O[C@@H]2O[C@H](CO)[C@H](O)[C@H](O)[C@H]2O)[C@@H]1O. The van der Waals surface area contributed by atoms with E-state index in [9.17, 15) is 167 Å². The summed E-state index contributed by atoms with van der Waals surface area (Å²) in [4.78, 5) is 63.7. The molecule has 0 spiro atoms. The number of carbonyl (C=O) groups excluding carboxylic acids is 5. The summed E-state index contributed by atoms with van der Waals surface area (Å²) in [5.41, 5.74) is 0. The van der Waals surface area contributed by atoms with Gasteiger partial charge in [-0.2, -0.15) is 0 Å². The lowest BCUT2D eigenvalue weighted by atomic mass is 9.93. The Morgan fingerprint density at radius 3 is 0.706 bits per heavy atom. The number of carbonyl (C=O) groups is 5. The fourth-order valence-corrected chi connectivity index (χ4v) is 16.1. The largest absolute Gasteiger partial charge is 0.394 e. The highest BCUT2D eigenvalue weighted by Gasteiger charge is 2.62. The molecule has 0 saturated carbocycles. The Hall–Kier alpha value is -4.49. The molecule has 56 nitrogen and oxygen atoms in total. The zero-order valence-corrected chi connectivity index (χ0v) is 68.0. The average molecular weight is 1850 g/mol. The quantitative estimate of drug-likeness (QED) is 0.0275. The van der Waals surface area contributed by atoms with Crippen LogP contribution in [0.15, 0.2) is 0 Å². The van der Waals surface area contributed by atoms with Crippen molar-refractivity contribution in [2.75, 3.05) is 72.7 Å². The molecule has 49 atom stereocenters. The van der Waals surface area contributed by atoms with E-state index in [1.165, 1.54) is 0 Å². The van der Waals surface area contributed by atoms with Crippen LogP contribution in [0.4, 0.5) is 0 Å². The molecule has 730 valence electrons. The highest BCUT2D eigenvalue weighted by atomic mass is 16.8. The maximum atomic E-state index is 13.1. The normalized spacial score (nSPS) is 45.8. The van der Waals surface area contributed by atoms with Gasteiger partial charge in [-0.1, -0.05) is 0 Å². The highest BCUT2D eigenvalue weighted by Crippen LogP contribution is 2.41. The van der Waals surface area contributed by atoms with Gasteiger partial charge in [-0.3, -0.25) is 24.0 Å². The summed E-state index contributed by atoms with van der Waals surface area (Å²) in [6.45, 7) is -7.47. The molecule has 0 unspecified atom stereocenters. The summed E-state index contributed by atoms with van der Waals surface area (Å²) in [6.07, 6.45) is -91.3. The summed E-state index contributed by atoms with van der Waals surface area (Å²) < 4.78 is 106. The second-order valence-corrected chi connectivity index (χ2v) is 31.4. The van der Waals surface area contributed by atoms with Crippen LogP contribution in [0.1, 0.15) is 34.6 Å². The minimum absolute atomic E-state index is 0.808. The molecule has 9 heterocycles. The van der Waals surface area contributed by atoms with Gasteiger partial charge in [-0.05, 0) is 0 Å². The second-order valence-electron chi connectivity index (χ2n) is 31.4. The van der Waals surface area contributed by atoms with E-state index in [0.29, 0.717) is 0 Å². The lowest BCUT2D eigenvalue weighted by molar-refractivity contribution is -0.390. The van der Waals surface area contributed by atoms with Crippen LogP contribution in [0.3, 0.4) is 0 Å². The van der Waals surface area contributed by atoms with Crippen LogP contribution in [0.25, 0.3) is 0 Å². The van der Waals surface area contributed by atoms with Crippen molar-refractivity contribution in [1.82, 2.24) is 26.6 Å². The van der Waals surface area contributed by atoms with Gasteiger partial charge in [0.15, 0.2) is 56.6 Å². The zero-order valence-electron chi connectivity index (χ0n) is 68.0. The summed E-state index contributed by atoms with van der Waals surface area (Å²) >= 11 is 0. The number of hydrogen-bond donors (Lipinski definition) is 33. The predicted octanol–water partition coefficient (Wildman–Crippen LogP) is -22.4. The Labute approximate surface area is 714 Å². The molecule has 126 heavy (non-hydrogen) atoms. The molecule has 0 aliphatic carbocycles. The van der Waals surface area contributed by atoms with Crippen LogP contribution in [0.5, 0.6) is 0 Å². The first-order valence-corrected chi connectivity index (χ1v) is 40.1. The minimum Gasteiger partial charge on any atom is -0.394 e. The number of rotatable bonds is 37. The number of amides is 5. The molecule has 33 N–H and O–H groups in total. The van der Waals surface area contributed by atoms with Gasteiger partial charge in [0.1, 0.15) is 238 Å². The maximum Gasteiger partial charge on any atom is 0.217 e. The lowest BCUT2D eigenvalue weighted by Gasteiger charge is -2.51. The standard InChI is InChI=1S/C70H119N5O51/c1-17(87)71-22(6-76)53(37(93)23(92)7-77)118-67-49(105)58(39(95)25(9-79)110-67)123-63-34(73-19(3)89)44(100)55(30(14-84)115-63)120-69-51(107)60(41(97)27(11-81)112-69)125-65-36(75-21(5)91)46(102)57(32(16-86)117-65)122-70-52(108)61(42(98)28(12-82)113-70)126-64-35(74-20(4)90)45(101)56(31(15-85)116-64)121-68-50(106)59(40(96)26(10-80)111-68)124-62-33(72-18(2)88)43(99)54(29(13-83)114-62)119-66-48(104)47(103)38(94)24(8-78)109-66/h22-70,76-86,92-108H,6-16H2,1-5H3,(H,71,87)(H,72,88)(H,73,89)(H,74,90)(H,75,91)/t22-,23+,24+,25+,26+,27+,28+,29+,30+,31+,32+,33+,34+,35+,36+,37-,38-,39-,40-,41-,42-,43+,44+,45+,46+,47-,48+,49+,50+,51+,52+,53+,54+,55+,56+,57+,58-,59-,60-,61-,62-,63-,64-,65-,66-,67-,68-,69-,70-/m0/s1. The second kappa shape index (κ2) is 46.9. The minimum atomic E-state index is -2.41. The molecule has 56 heteroatoms. The highest BCUT2D eigenvalue weighted by molar-refractivity contribution is 5.75. The number of ether oxygens (including phenoxy) is 18. The van der Waals surface area contributed by atoms with Gasteiger partial charge in [0.2, 0.25) is 29.5 Å². The van der Waals surface area contributed by atoms with Crippen molar-refractivity contribution in [3.8, 4) is 0 Å². The first kappa shape index (κ1) is 105. The van der Waals surface area contributed by atoms with Crippen LogP contribution in [0.2, 0.25) is 0 Å². The summed E-state index contributed by atoms with van der Waals surface area (Å²) in [5, 5.41) is 322. The van der Waals surface area contributed by atoms with Gasteiger partial charge in [-0.25, -0.2) is 0 Å².